The molecular formula is C10H16N4O2. The minimum Gasteiger partial charge on any atom is -0.395 e. The maximum absolute atomic E-state index is 12.0. The molecule has 0 radical (unpaired) electrons. The van der Waals surface area contributed by atoms with Crippen LogP contribution in [0.1, 0.15) is 29.5 Å². The fourth-order valence-corrected chi connectivity index (χ4v) is 1.90. The molecule has 1 aromatic rings. The van der Waals surface area contributed by atoms with Crippen LogP contribution in [0.25, 0.3) is 0 Å². The highest BCUT2D eigenvalue weighted by Gasteiger charge is 2.28. The van der Waals surface area contributed by atoms with Gasteiger partial charge in [0.25, 0.3) is 5.91 Å². The Kier molecular flexibility index (Phi) is 2.82. The summed E-state index contributed by atoms with van der Waals surface area (Å²) in [5, 5.41) is 16.1. The number of anilines is 1. The van der Waals surface area contributed by atoms with E-state index in [0.717, 1.165) is 12.1 Å². The van der Waals surface area contributed by atoms with Crippen molar-refractivity contribution in [2.45, 2.75) is 25.9 Å². The van der Waals surface area contributed by atoms with Crippen LogP contribution in [0.5, 0.6) is 0 Å². The Labute approximate surface area is 93.4 Å². The predicted molar refractivity (Wildman–Crippen MR) is 58.9 cm³/mol. The standard InChI is InChI=1S/C10H16N4O2/c1-2-7-8(11)9(13-12-7)10(16)14-4-3-6(15)5-14/h6,15H,2-5,11H2,1H3,(H,12,13)/t6-/m0/s1. The van der Waals surface area contributed by atoms with E-state index < -0.39 is 6.10 Å². The van der Waals surface area contributed by atoms with Gasteiger partial charge in [-0.25, -0.2) is 0 Å². The molecule has 1 atom stereocenters. The lowest BCUT2D eigenvalue weighted by atomic mass is 10.2. The molecule has 0 bridgehead atoms. The number of aromatic amines is 1. The molecule has 1 aliphatic rings. The Morgan fingerprint density at radius 2 is 2.50 bits per heavy atom. The van der Waals surface area contributed by atoms with Crippen molar-refractivity contribution in [2.24, 2.45) is 0 Å². The summed E-state index contributed by atoms with van der Waals surface area (Å²) < 4.78 is 0. The van der Waals surface area contributed by atoms with Crippen molar-refractivity contribution in [2.75, 3.05) is 18.8 Å². The molecule has 88 valence electrons. The van der Waals surface area contributed by atoms with Gasteiger partial charge in [-0.3, -0.25) is 9.89 Å². The van der Waals surface area contributed by atoms with E-state index in [1.165, 1.54) is 0 Å². The number of rotatable bonds is 2. The second-order valence-electron chi connectivity index (χ2n) is 4.01. The number of nitrogens with two attached hydrogens (primary N) is 1. The van der Waals surface area contributed by atoms with Gasteiger partial charge in [-0.05, 0) is 12.8 Å². The SMILES string of the molecule is CCc1[nH]nc(C(=O)N2CC[C@H](O)C2)c1N. The lowest BCUT2D eigenvalue weighted by Crippen LogP contribution is -2.30. The zero-order valence-electron chi connectivity index (χ0n) is 9.23. The van der Waals surface area contributed by atoms with Gasteiger partial charge in [0.1, 0.15) is 0 Å². The molecule has 0 aliphatic carbocycles. The second kappa shape index (κ2) is 4.13. The number of nitrogens with one attached hydrogen (secondary N) is 1. The Hall–Kier alpha value is -1.56. The fraction of sp³-hybridized carbons (Fsp3) is 0.600. The van der Waals surface area contributed by atoms with Gasteiger partial charge in [0.15, 0.2) is 5.69 Å². The van der Waals surface area contributed by atoms with E-state index in [4.69, 9.17) is 5.73 Å². The number of aliphatic hydroxyl groups excluding tert-OH is 1. The lowest BCUT2D eigenvalue weighted by Gasteiger charge is -2.13. The monoisotopic (exact) mass is 224 g/mol. The highest BCUT2D eigenvalue weighted by molar-refractivity contribution is 5.97. The van der Waals surface area contributed by atoms with Crippen molar-refractivity contribution >= 4 is 11.6 Å². The molecule has 0 spiro atoms. The van der Waals surface area contributed by atoms with Crippen molar-refractivity contribution in [3.63, 3.8) is 0 Å². The third kappa shape index (κ3) is 1.76. The molecule has 1 saturated heterocycles. The number of likely N-dealkylation sites (tertiary alicyclic amines) is 1. The number of carbonyl (C=O) groups excluding carboxylic acids is 1. The normalized spacial score (nSPS) is 20.4. The Morgan fingerprint density at radius 1 is 1.75 bits per heavy atom. The number of hydrogen-bond acceptors (Lipinski definition) is 4. The number of carbonyl (C=O) groups is 1. The number of aliphatic hydroxyl groups is 1. The van der Waals surface area contributed by atoms with Crippen molar-refractivity contribution in [3.8, 4) is 0 Å². The number of aromatic nitrogens is 2. The smallest absolute Gasteiger partial charge is 0.276 e. The molecule has 1 amide bonds. The molecule has 2 heterocycles. The van der Waals surface area contributed by atoms with E-state index in [9.17, 15) is 9.90 Å². The Morgan fingerprint density at radius 3 is 3.00 bits per heavy atom. The maximum atomic E-state index is 12.0. The molecule has 0 unspecified atom stereocenters. The number of nitrogen functional groups attached to an aromatic ring is 1. The minimum atomic E-state index is -0.422. The van der Waals surface area contributed by atoms with Crippen molar-refractivity contribution < 1.29 is 9.90 Å². The molecule has 16 heavy (non-hydrogen) atoms. The molecule has 1 aliphatic heterocycles. The highest BCUT2D eigenvalue weighted by Crippen LogP contribution is 2.19. The average Bonchev–Trinajstić information content (AvgIpc) is 2.84. The fourth-order valence-electron chi connectivity index (χ4n) is 1.90. The predicted octanol–water partition coefficient (Wildman–Crippen LogP) is -0.239. The Balaban J connectivity index is 2.17. The second-order valence-corrected chi connectivity index (χ2v) is 4.01. The first-order valence-corrected chi connectivity index (χ1v) is 5.43. The summed E-state index contributed by atoms with van der Waals surface area (Å²) in [5.41, 5.74) is 7.29. The first-order valence-electron chi connectivity index (χ1n) is 5.43. The van der Waals surface area contributed by atoms with Crippen LogP contribution < -0.4 is 5.73 Å². The Bertz CT molecular complexity index is 402. The highest BCUT2D eigenvalue weighted by atomic mass is 16.3. The van der Waals surface area contributed by atoms with Crippen LogP contribution in [0.2, 0.25) is 0 Å². The van der Waals surface area contributed by atoms with Crippen LogP contribution >= 0.6 is 0 Å². The van der Waals surface area contributed by atoms with Crippen LogP contribution in [0.15, 0.2) is 0 Å². The number of H-pyrrole nitrogens is 1. The largest absolute Gasteiger partial charge is 0.395 e. The van der Waals surface area contributed by atoms with E-state index in [0.29, 0.717) is 25.2 Å². The molecule has 6 heteroatoms. The summed E-state index contributed by atoms with van der Waals surface area (Å²) in [6, 6.07) is 0. The molecule has 4 N–H and O–H groups in total. The van der Waals surface area contributed by atoms with E-state index in [-0.39, 0.29) is 11.6 Å². The first-order chi connectivity index (χ1) is 7.63. The number of aryl methyl sites for hydroxylation is 1. The molecular weight excluding hydrogens is 208 g/mol. The van der Waals surface area contributed by atoms with Crippen molar-refractivity contribution in [1.82, 2.24) is 15.1 Å². The van der Waals surface area contributed by atoms with Gasteiger partial charge < -0.3 is 15.7 Å². The summed E-state index contributed by atoms with van der Waals surface area (Å²) in [6.45, 7) is 2.87. The molecule has 1 aromatic heterocycles. The van der Waals surface area contributed by atoms with Gasteiger partial charge in [0.2, 0.25) is 0 Å². The summed E-state index contributed by atoms with van der Waals surface area (Å²) in [5.74, 6) is -0.204. The zero-order chi connectivity index (χ0) is 11.7. The van der Waals surface area contributed by atoms with Crippen LogP contribution in [0.3, 0.4) is 0 Å². The molecule has 0 saturated carbocycles. The van der Waals surface area contributed by atoms with Gasteiger partial charge in [-0.1, -0.05) is 6.92 Å². The van der Waals surface area contributed by atoms with Crippen LogP contribution in [0.4, 0.5) is 5.69 Å². The number of amides is 1. The van der Waals surface area contributed by atoms with Gasteiger partial charge in [-0.15, -0.1) is 0 Å². The third-order valence-electron chi connectivity index (χ3n) is 2.89. The average molecular weight is 224 g/mol. The van der Waals surface area contributed by atoms with Crippen LogP contribution in [-0.4, -0.2) is 45.3 Å². The zero-order valence-corrected chi connectivity index (χ0v) is 9.23. The van der Waals surface area contributed by atoms with E-state index in [2.05, 4.69) is 10.2 Å². The van der Waals surface area contributed by atoms with Crippen LogP contribution in [0, 0.1) is 0 Å². The number of nitrogens with zero attached hydrogens (tertiary/aromatic N) is 2. The summed E-state index contributed by atoms with van der Waals surface area (Å²) >= 11 is 0. The van der Waals surface area contributed by atoms with E-state index >= 15 is 0 Å². The van der Waals surface area contributed by atoms with Gasteiger partial charge in [0, 0.05) is 13.1 Å². The van der Waals surface area contributed by atoms with E-state index in [1.54, 1.807) is 4.90 Å². The maximum Gasteiger partial charge on any atom is 0.276 e. The molecule has 1 fully saturated rings. The van der Waals surface area contributed by atoms with Crippen molar-refractivity contribution in [1.29, 1.82) is 0 Å². The summed E-state index contributed by atoms with van der Waals surface area (Å²) in [6.07, 6.45) is 0.917. The number of β-amino-alcohol motifs (C(OH)–C–C–N with tert-alkyl or cyclic N) is 1. The van der Waals surface area contributed by atoms with Gasteiger partial charge in [0.05, 0.1) is 17.5 Å². The van der Waals surface area contributed by atoms with Crippen molar-refractivity contribution in [3.05, 3.63) is 11.4 Å². The molecule has 2 rings (SSSR count). The quantitative estimate of drug-likeness (QED) is 0.646. The summed E-state index contributed by atoms with van der Waals surface area (Å²) in [4.78, 5) is 13.6. The van der Waals surface area contributed by atoms with E-state index in [1.807, 2.05) is 6.92 Å². The summed E-state index contributed by atoms with van der Waals surface area (Å²) in [7, 11) is 0. The minimum absolute atomic E-state index is 0.204. The van der Waals surface area contributed by atoms with Gasteiger partial charge >= 0.3 is 0 Å². The topological polar surface area (TPSA) is 95.2 Å². The molecule has 6 nitrogen and oxygen atoms in total. The number of hydrogen-bond donors (Lipinski definition) is 3. The third-order valence-corrected chi connectivity index (χ3v) is 2.89. The van der Waals surface area contributed by atoms with Gasteiger partial charge in [-0.2, -0.15) is 5.10 Å². The molecule has 0 aromatic carbocycles. The first kappa shape index (κ1) is 10.9. The lowest BCUT2D eigenvalue weighted by molar-refractivity contribution is 0.0760. The van der Waals surface area contributed by atoms with Crippen LogP contribution in [-0.2, 0) is 6.42 Å².